The predicted molar refractivity (Wildman–Crippen MR) is 76.7 cm³/mol. The second-order valence-corrected chi connectivity index (χ2v) is 5.97. The molecule has 2 aromatic rings. The van der Waals surface area contributed by atoms with Gasteiger partial charge in [-0.1, -0.05) is 41.9 Å². The van der Waals surface area contributed by atoms with E-state index < -0.39 is 0 Å². The molecule has 0 saturated carbocycles. The van der Waals surface area contributed by atoms with Crippen molar-refractivity contribution in [1.82, 2.24) is 0 Å². The maximum atomic E-state index is 9.22. The zero-order chi connectivity index (χ0) is 12.3. The van der Waals surface area contributed by atoms with Crippen molar-refractivity contribution < 1.29 is 0 Å². The summed E-state index contributed by atoms with van der Waals surface area (Å²) in [7, 11) is 0. The minimum Gasteiger partial charge on any atom is -0.192 e. The summed E-state index contributed by atoms with van der Waals surface area (Å²) in [6.45, 7) is 0. The molecule has 0 atom stereocenters. The molecule has 1 aromatic heterocycles. The van der Waals surface area contributed by atoms with Crippen LogP contribution in [-0.4, -0.2) is 0 Å². The van der Waals surface area contributed by atoms with Crippen LogP contribution in [0.25, 0.3) is 10.6 Å². The summed E-state index contributed by atoms with van der Waals surface area (Å²) in [5.41, 5.74) is 2.20. The van der Waals surface area contributed by atoms with Crippen molar-refractivity contribution in [3.63, 3.8) is 0 Å². The van der Waals surface area contributed by atoms with E-state index in [4.69, 9.17) is 11.6 Å². The first-order valence-corrected chi connectivity index (χ1v) is 6.87. The van der Waals surface area contributed by atoms with E-state index in [-0.39, 0.29) is 0 Å². The Morgan fingerprint density at radius 3 is 2.47 bits per heavy atom. The summed E-state index contributed by atoms with van der Waals surface area (Å²) < 4.78 is 0.996. The Morgan fingerprint density at radius 2 is 1.94 bits per heavy atom. The van der Waals surface area contributed by atoms with Crippen molar-refractivity contribution in [3.8, 4) is 6.07 Å². The van der Waals surface area contributed by atoms with Gasteiger partial charge in [-0.2, -0.15) is 5.26 Å². The van der Waals surface area contributed by atoms with Crippen molar-refractivity contribution in [2.45, 2.75) is 0 Å². The highest BCUT2D eigenvalue weighted by Crippen LogP contribution is 2.33. The van der Waals surface area contributed by atoms with Gasteiger partial charge in [0.15, 0.2) is 0 Å². The number of hydrogen-bond acceptors (Lipinski definition) is 2. The summed E-state index contributed by atoms with van der Waals surface area (Å²) in [4.78, 5) is 0. The second-order valence-electron chi connectivity index (χ2n) is 3.31. The number of hydrogen-bond donors (Lipinski definition) is 0. The summed E-state index contributed by atoms with van der Waals surface area (Å²) >= 11 is 11.2. The molecule has 0 aliphatic carbocycles. The zero-order valence-corrected chi connectivity index (χ0v) is 11.8. The van der Waals surface area contributed by atoms with Crippen molar-refractivity contribution in [2.75, 3.05) is 0 Å². The number of nitrogens with zero attached hydrogens (tertiary/aromatic N) is 1. The Hall–Kier alpha value is -1.08. The summed E-state index contributed by atoms with van der Waals surface area (Å²) in [5.74, 6) is 0. The van der Waals surface area contributed by atoms with Gasteiger partial charge in [-0.05, 0) is 27.6 Å². The lowest BCUT2D eigenvalue weighted by Gasteiger charge is -2.01. The molecule has 4 heteroatoms. The highest BCUT2D eigenvalue weighted by Gasteiger charge is 2.10. The van der Waals surface area contributed by atoms with Crippen LogP contribution in [0.4, 0.5) is 0 Å². The van der Waals surface area contributed by atoms with Crippen LogP contribution in [-0.2, 0) is 0 Å². The summed E-state index contributed by atoms with van der Waals surface area (Å²) in [5, 5.41) is 11.6. The molecule has 0 unspecified atom stereocenters. The molecule has 0 N–H and O–H groups in total. The molecule has 84 valence electrons. The van der Waals surface area contributed by atoms with Gasteiger partial charge in [0.1, 0.15) is 6.07 Å². The fraction of sp³-hybridized carbons (Fsp3) is 0. The highest BCUT2D eigenvalue weighted by atomic mass is 79.9. The molecule has 0 aliphatic heterocycles. The maximum Gasteiger partial charge on any atom is 0.101 e. The summed E-state index contributed by atoms with van der Waals surface area (Å²) in [6.07, 6.45) is 0. The first kappa shape index (κ1) is 12.4. The molecule has 0 amide bonds. The van der Waals surface area contributed by atoms with Crippen LogP contribution in [0.3, 0.4) is 0 Å². The highest BCUT2D eigenvalue weighted by molar-refractivity contribution is 9.11. The first-order chi connectivity index (χ1) is 8.22. The van der Waals surface area contributed by atoms with Gasteiger partial charge in [0.05, 0.1) is 14.4 Å². The molecule has 1 nitrogen and oxygen atoms in total. The average Bonchev–Trinajstić information content (AvgIpc) is 2.78. The smallest absolute Gasteiger partial charge is 0.101 e. The SMILES string of the molecule is N#C/C(=C(/Cl)c1csc(Br)c1)c1ccccc1. The van der Waals surface area contributed by atoms with Crippen LogP contribution in [0.1, 0.15) is 11.1 Å². The van der Waals surface area contributed by atoms with Gasteiger partial charge >= 0.3 is 0 Å². The van der Waals surface area contributed by atoms with Crippen molar-refractivity contribution in [2.24, 2.45) is 0 Å². The molecular weight excluding hydrogens is 318 g/mol. The van der Waals surface area contributed by atoms with E-state index in [2.05, 4.69) is 22.0 Å². The van der Waals surface area contributed by atoms with Gasteiger partial charge in [0, 0.05) is 10.9 Å². The molecular formula is C13H7BrClNS. The number of rotatable bonds is 2. The minimum atomic E-state index is 0.487. The van der Waals surface area contributed by atoms with E-state index in [9.17, 15) is 5.26 Å². The Balaban J connectivity index is 2.52. The van der Waals surface area contributed by atoms with Crippen LogP contribution in [0.15, 0.2) is 45.6 Å². The minimum absolute atomic E-state index is 0.487. The molecule has 0 saturated heterocycles. The van der Waals surface area contributed by atoms with Gasteiger partial charge in [0.2, 0.25) is 0 Å². The maximum absolute atomic E-state index is 9.22. The van der Waals surface area contributed by atoms with Gasteiger partial charge in [-0.15, -0.1) is 11.3 Å². The van der Waals surface area contributed by atoms with E-state index in [1.807, 2.05) is 41.8 Å². The fourth-order valence-electron chi connectivity index (χ4n) is 1.41. The molecule has 17 heavy (non-hydrogen) atoms. The van der Waals surface area contributed by atoms with Crippen LogP contribution in [0, 0.1) is 11.3 Å². The van der Waals surface area contributed by atoms with Crippen LogP contribution in [0.2, 0.25) is 0 Å². The lowest BCUT2D eigenvalue weighted by Crippen LogP contribution is -1.83. The monoisotopic (exact) mass is 323 g/mol. The lowest BCUT2D eigenvalue weighted by atomic mass is 10.1. The van der Waals surface area contributed by atoms with Crippen LogP contribution >= 0.6 is 38.9 Å². The topological polar surface area (TPSA) is 23.8 Å². The number of benzene rings is 1. The van der Waals surface area contributed by atoms with Gasteiger partial charge in [-0.3, -0.25) is 0 Å². The second kappa shape index (κ2) is 5.50. The number of halogens is 2. The number of nitriles is 1. The summed E-state index contributed by atoms with van der Waals surface area (Å²) in [6, 6.07) is 13.5. The largest absolute Gasteiger partial charge is 0.192 e. The van der Waals surface area contributed by atoms with Crippen molar-refractivity contribution >= 4 is 49.5 Å². The van der Waals surface area contributed by atoms with E-state index >= 15 is 0 Å². The van der Waals surface area contributed by atoms with Gasteiger partial charge in [-0.25, -0.2) is 0 Å². The molecule has 0 fully saturated rings. The third-order valence-electron chi connectivity index (χ3n) is 2.21. The lowest BCUT2D eigenvalue weighted by molar-refractivity contribution is 1.52. The van der Waals surface area contributed by atoms with Crippen molar-refractivity contribution in [1.29, 1.82) is 5.26 Å². The molecule has 1 aromatic carbocycles. The van der Waals surface area contributed by atoms with E-state index in [0.717, 1.165) is 14.9 Å². The van der Waals surface area contributed by atoms with Crippen LogP contribution in [0.5, 0.6) is 0 Å². The van der Waals surface area contributed by atoms with Crippen molar-refractivity contribution in [3.05, 3.63) is 56.7 Å². The molecule has 0 spiro atoms. The predicted octanol–water partition coefficient (Wildman–Crippen LogP) is 5.14. The molecule has 0 radical (unpaired) electrons. The Morgan fingerprint density at radius 1 is 1.24 bits per heavy atom. The third-order valence-corrected chi connectivity index (χ3v) is 4.13. The van der Waals surface area contributed by atoms with E-state index in [1.54, 1.807) is 11.3 Å². The van der Waals surface area contributed by atoms with E-state index in [1.165, 1.54) is 0 Å². The van der Waals surface area contributed by atoms with Gasteiger partial charge < -0.3 is 0 Å². The first-order valence-electron chi connectivity index (χ1n) is 4.82. The van der Waals surface area contributed by atoms with Gasteiger partial charge in [0.25, 0.3) is 0 Å². The Labute approximate surface area is 117 Å². The fourth-order valence-corrected chi connectivity index (χ4v) is 2.89. The number of allylic oxidation sites excluding steroid dienone is 1. The standard InChI is InChI=1S/C13H7BrClNS/c14-12-6-10(8-17-12)13(15)11(7-16)9-4-2-1-3-5-9/h1-6,8H/b13-11-. The molecule has 1 heterocycles. The van der Waals surface area contributed by atoms with E-state index in [0.29, 0.717) is 10.6 Å². The zero-order valence-electron chi connectivity index (χ0n) is 8.65. The third kappa shape index (κ3) is 2.78. The molecule has 2 rings (SSSR count). The molecule has 0 aliphatic rings. The number of thiophene rings is 1. The normalized spacial score (nSPS) is 11.8. The average molecular weight is 325 g/mol. The molecule has 0 bridgehead atoms. The quantitative estimate of drug-likeness (QED) is 0.702. The Bertz CT molecular complexity index is 595. The van der Waals surface area contributed by atoms with Crippen LogP contribution < -0.4 is 0 Å². The Kier molecular flexibility index (Phi) is 4.01.